The molecule has 2 aliphatic heterocycles. The molecule has 1 saturated carbocycles. The van der Waals surface area contributed by atoms with Crippen molar-refractivity contribution in [2.75, 3.05) is 13.1 Å². The minimum atomic E-state index is -0.612. The third kappa shape index (κ3) is 3.34. The Hall–Kier alpha value is -1.99. The number of aliphatic hydroxyl groups excluding tert-OH is 1. The van der Waals surface area contributed by atoms with Crippen LogP contribution in [0.5, 0.6) is 0 Å². The third-order valence-corrected chi connectivity index (χ3v) is 6.57. The Balaban J connectivity index is 1.52. The van der Waals surface area contributed by atoms with Crippen LogP contribution in [0.4, 0.5) is 5.69 Å². The number of hydrogen-bond acceptors (Lipinski definition) is 5. The van der Waals surface area contributed by atoms with Crippen LogP contribution in [0.15, 0.2) is 24.3 Å². The number of rotatable bonds is 4. The first kappa shape index (κ1) is 18.4. The Morgan fingerprint density at radius 1 is 1.19 bits per heavy atom. The standard InChI is InChI=1S/C20H27N3O4/c24-18-12-20(10-11-22(19(20)25)16-4-2-1-3-5-16)21(14-18)13-15-6-8-17(9-7-15)23(26)27/h6-9,16,18,24H,1-5,10-14H2/t18-,20?/m1/s1. The summed E-state index contributed by atoms with van der Waals surface area (Å²) in [5, 5.41) is 21.2. The molecular formula is C20H27N3O4. The summed E-state index contributed by atoms with van der Waals surface area (Å²) in [5.74, 6) is 0.174. The number of hydrogen-bond donors (Lipinski definition) is 1. The number of aliphatic hydroxyl groups is 1. The van der Waals surface area contributed by atoms with Crippen molar-refractivity contribution in [2.45, 2.75) is 69.2 Å². The van der Waals surface area contributed by atoms with Gasteiger partial charge in [-0.2, -0.15) is 0 Å². The van der Waals surface area contributed by atoms with Gasteiger partial charge in [0, 0.05) is 44.2 Å². The number of likely N-dealkylation sites (tertiary alicyclic amines) is 2. The zero-order chi connectivity index (χ0) is 19.0. The first-order chi connectivity index (χ1) is 13.0. The number of nitro benzene ring substituents is 1. The van der Waals surface area contributed by atoms with Crippen LogP contribution < -0.4 is 0 Å². The average Bonchev–Trinajstić information content (AvgIpc) is 3.16. The van der Waals surface area contributed by atoms with Crippen LogP contribution in [0, 0.1) is 10.1 Å². The zero-order valence-electron chi connectivity index (χ0n) is 15.5. The Morgan fingerprint density at radius 3 is 2.56 bits per heavy atom. The van der Waals surface area contributed by atoms with Crippen LogP contribution in [0.3, 0.4) is 0 Å². The van der Waals surface area contributed by atoms with Crippen molar-refractivity contribution in [2.24, 2.45) is 0 Å². The van der Waals surface area contributed by atoms with E-state index in [1.165, 1.54) is 31.4 Å². The fourth-order valence-corrected chi connectivity index (χ4v) is 5.18. The Kier molecular flexibility index (Phi) is 4.90. The Morgan fingerprint density at radius 2 is 1.89 bits per heavy atom. The molecule has 146 valence electrons. The highest BCUT2D eigenvalue weighted by Gasteiger charge is 2.56. The highest BCUT2D eigenvalue weighted by molar-refractivity contribution is 5.89. The maximum absolute atomic E-state index is 13.4. The molecule has 1 N–H and O–H groups in total. The molecule has 2 atom stereocenters. The molecule has 1 unspecified atom stereocenters. The van der Waals surface area contributed by atoms with Gasteiger partial charge in [0.25, 0.3) is 5.69 Å². The van der Waals surface area contributed by atoms with Crippen molar-refractivity contribution >= 4 is 11.6 Å². The fourth-order valence-electron chi connectivity index (χ4n) is 5.18. The van der Waals surface area contributed by atoms with E-state index in [1.54, 1.807) is 12.1 Å². The van der Waals surface area contributed by atoms with Crippen molar-refractivity contribution in [1.29, 1.82) is 0 Å². The van der Waals surface area contributed by atoms with Gasteiger partial charge in [0.15, 0.2) is 0 Å². The topological polar surface area (TPSA) is 86.9 Å². The smallest absolute Gasteiger partial charge is 0.269 e. The minimum Gasteiger partial charge on any atom is -0.392 e. The number of nitro groups is 1. The maximum Gasteiger partial charge on any atom is 0.269 e. The molecule has 1 aromatic carbocycles. The van der Waals surface area contributed by atoms with Crippen LogP contribution in [0.25, 0.3) is 0 Å². The SMILES string of the molecule is O=C1N(C2CCCCC2)CCC12C[C@@H](O)CN2Cc1ccc([N+](=O)[O-])cc1. The number of carbonyl (C=O) groups is 1. The molecule has 3 fully saturated rings. The number of nitrogens with zero attached hydrogens (tertiary/aromatic N) is 3. The molecule has 1 amide bonds. The van der Waals surface area contributed by atoms with E-state index in [-0.39, 0.29) is 11.6 Å². The van der Waals surface area contributed by atoms with E-state index < -0.39 is 16.6 Å². The number of β-amino-alcohol motifs (C(OH)–C–C–N with tert-alkyl or cyclic N) is 1. The highest BCUT2D eigenvalue weighted by Crippen LogP contribution is 2.42. The van der Waals surface area contributed by atoms with E-state index in [1.807, 2.05) is 0 Å². The van der Waals surface area contributed by atoms with Gasteiger partial charge in [0.05, 0.1) is 11.0 Å². The summed E-state index contributed by atoms with van der Waals surface area (Å²) in [6, 6.07) is 6.84. The summed E-state index contributed by atoms with van der Waals surface area (Å²) >= 11 is 0. The lowest BCUT2D eigenvalue weighted by atomic mass is 9.91. The summed E-state index contributed by atoms with van der Waals surface area (Å²) in [6.07, 6.45) is 6.56. The van der Waals surface area contributed by atoms with Crippen LogP contribution in [0.2, 0.25) is 0 Å². The second kappa shape index (κ2) is 7.20. The highest BCUT2D eigenvalue weighted by atomic mass is 16.6. The first-order valence-corrected chi connectivity index (χ1v) is 9.97. The quantitative estimate of drug-likeness (QED) is 0.647. The van der Waals surface area contributed by atoms with Gasteiger partial charge in [0.1, 0.15) is 5.54 Å². The summed E-state index contributed by atoms with van der Waals surface area (Å²) in [4.78, 5) is 28.0. The average molecular weight is 373 g/mol. The summed E-state index contributed by atoms with van der Waals surface area (Å²) in [6.45, 7) is 1.77. The molecule has 0 radical (unpaired) electrons. The number of non-ortho nitro benzene ring substituents is 1. The van der Waals surface area contributed by atoms with Crippen molar-refractivity contribution in [3.8, 4) is 0 Å². The van der Waals surface area contributed by atoms with Gasteiger partial charge in [-0.25, -0.2) is 0 Å². The lowest BCUT2D eigenvalue weighted by molar-refractivity contribution is -0.384. The molecule has 0 aromatic heterocycles. The van der Waals surface area contributed by atoms with Gasteiger partial charge in [-0.15, -0.1) is 0 Å². The molecule has 3 aliphatic rings. The molecule has 4 rings (SSSR count). The van der Waals surface area contributed by atoms with Gasteiger partial charge in [-0.05, 0) is 24.8 Å². The van der Waals surface area contributed by atoms with Gasteiger partial charge in [0.2, 0.25) is 5.91 Å². The van der Waals surface area contributed by atoms with Gasteiger partial charge in [-0.1, -0.05) is 31.4 Å². The summed E-state index contributed by atoms with van der Waals surface area (Å²) in [5.41, 5.74) is 0.381. The molecule has 2 heterocycles. The van der Waals surface area contributed by atoms with Crippen molar-refractivity contribution < 1.29 is 14.8 Å². The predicted octanol–water partition coefficient (Wildman–Crippen LogP) is 2.47. The van der Waals surface area contributed by atoms with E-state index in [0.29, 0.717) is 25.6 Å². The van der Waals surface area contributed by atoms with E-state index >= 15 is 0 Å². The zero-order valence-corrected chi connectivity index (χ0v) is 15.5. The van der Waals surface area contributed by atoms with Gasteiger partial charge in [-0.3, -0.25) is 19.8 Å². The third-order valence-electron chi connectivity index (χ3n) is 6.57. The van der Waals surface area contributed by atoms with E-state index in [0.717, 1.165) is 31.4 Å². The number of carbonyl (C=O) groups excluding carboxylic acids is 1. The molecule has 27 heavy (non-hydrogen) atoms. The summed E-state index contributed by atoms with van der Waals surface area (Å²) in [7, 11) is 0. The normalized spacial score (nSPS) is 29.7. The van der Waals surface area contributed by atoms with E-state index in [2.05, 4.69) is 9.80 Å². The fraction of sp³-hybridized carbons (Fsp3) is 0.650. The van der Waals surface area contributed by atoms with Crippen LogP contribution in [0.1, 0.15) is 50.5 Å². The van der Waals surface area contributed by atoms with Gasteiger partial charge < -0.3 is 10.0 Å². The largest absolute Gasteiger partial charge is 0.392 e. The van der Waals surface area contributed by atoms with E-state index in [4.69, 9.17) is 0 Å². The Bertz CT molecular complexity index is 716. The summed E-state index contributed by atoms with van der Waals surface area (Å²) < 4.78 is 0. The second-order valence-corrected chi connectivity index (χ2v) is 8.23. The molecule has 1 aliphatic carbocycles. The molecule has 7 nitrogen and oxygen atoms in total. The number of amides is 1. The minimum absolute atomic E-state index is 0.0651. The van der Waals surface area contributed by atoms with E-state index in [9.17, 15) is 20.0 Å². The number of benzene rings is 1. The first-order valence-electron chi connectivity index (χ1n) is 9.97. The van der Waals surface area contributed by atoms with Crippen LogP contribution in [-0.4, -0.2) is 56.5 Å². The van der Waals surface area contributed by atoms with Crippen molar-refractivity contribution in [3.63, 3.8) is 0 Å². The lowest BCUT2D eigenvalue weighted by Gasteiger charge is -2.36. The molecule has 1 spiro atoms. The van der Waals surface area contributed by atoms with Crippen LogP contribution in [-0.2, 0) is 11.3 Å². The predicted molar refractivity (Wildman–Crippen MR) is 100 cm³/mol. The lowest BCUT2D eigenvalue weighted by Crippen LogP contribution is -2.51. The Labute approximate surface area is 159 Å². The molecule has 2 saturated heterocycles. The molecular weight excluding hydrogens is 346 g/mol. The molecule has 7 heteroatoms. The maximum atomic E-state index is 13.4. The second-order valence-electron chi connectivity index (χ2n) is 8.23. The van der Waals surface area contributed by atoms with Crippen molar-refractivity contribution in [3.05, 3.63) is 39.9 Å². The van der Waals surface area contributed by atoms with Crippen molar-refractivity contribution in [1.82, 2.24) is 9.80 Å². The van der Waals surface area contributed by atoms with Gasteiger partial charge >= 0.3 is 0 Å². The van der Waals surface area contributed by atoms with Crippen LogP contribution >= 0.6 is 0 Å². The monoisotopic (exact) mass is 373 g/mol. The molecule has 0 bridgehead atoms. The molecule has 1 aromatic rings.